The van der Waals surface area contributed by atoms with Crippen LogP contribution in [0, 0.1) is 0 Å². The number of amides is 1. The van der Waals surface area contributed by atoms with Gasteiger partial charge in [0.2, 0.25) is 5.91 Å². The van der Waals surface area contributed by atoms with Crippen molar-refractivity contribution in [1.29, 1.82) is 0 Å². The lowest BCUT2D eigenvalue weighted by Gasteiger charge is -2.40. The van der Waals surface area contributed by atoms with E-state index in [1.54, 1.807) is 6.08 Å². The number of hydrogen-bond acceptors (Lipinski definition) is 8. The summed E-state index contributed by atoms with van der Waals surface area (Å²) in [6.07, 6.45) is 74.9. The van der Waals surface area contributed by atoms with E-state index in [1.165, 1.54) is 51.4 Å². The van der Waals surface area contributed by atoms with E-state index >= 15 is 0 Å². The van der Waals surface area contributed by atoms with Crippen LogP contribution in [0.1, 0.15) is 200 Å². The number of nitrogens with one attached hydrogen (secondary N) is 1. The number of carbonyl (C=O) groups is 1. The Hall–Kier alpha value is -3.93. The van der Waals surface area contributed by atoms with Crippen LogP contribution in [0.3, 0.4) is 0 Å². The zero-order valence-corrected chi connectivity index (χ0v) is 46.3. The number of unbranched alkanes of at least 4 members (excludes halogenated alkanes) is 15. The minimum Gasteiger partial charge on any atom is -0.394 e. The number of rotatable bonds is 47. The van der Waals surface area contributed by atoms with Crippen LogP contribution < -0.4 is 5.32 Å². The number of aliphatic hydroxyl groups excluding tert-OH is 5. The van der Waals surface area contributed by atoms with Crippen molar-refractivity contribution in [2.75, 3.05) is 13.2 Å². The molecule has 1 saturated heterocycles. The van der Waals surface area contributed by atoms with Crippen molar-refractivity contribution in [3.8, 4) is 0 Å². The quantitative estimate of drug-likeness (QED) is 0.0261. The average Bonchev–Trinajstić information content (AvgIpc) is 3.40. The van der Waals surface area contributed by atoms with E-state index < -0.39 is 49.5 Å². The summed E-state index contributed by atoms with van der Waals surface area (Å²) in [5.74, 6) is -0.204. The topological polar surface area (TPSA) is 149 Å². The second-order valence-corrected chi connectivity index (χ2v) is 19.4. The summed E-state index contributed by atoms with van der Waals surface area (Å²) in [5, 5.41) is 54.3. The van der Waals surface area contributed by atoms with Gasteiger partial charge in [-0.15, -0.1) is 0 Å². The van der Waals surface area contributed by atoms with Crippen molar-refractivity contribution in [2.24, 2.45) is 0 Å². The third kappa shape index (κ3) is 41.3. The number of hydrogen-bond donors (Lipinski definition) is 6. The maximum atomic E-state index is 13.0. The predicted molar refractivity (Wildman–Crippen MR) is 313 cm³/mol. The van der Waals surface area contributed by atoms with Gasteiger partial charge in [0.1, 0.15) is 24.4 Å². The van der Waals surface area contributed by atoms with Gasteiger partial charge >= 0.3 is 0 Å². The van der Waals surface area contributed by atoms with Gasteiger partial charge in [-0.3, -0.25) is 4.79 Å². The first-order chi connectivity index (χ1) is 36.3. The molecule has 0 saturated carbocycles. The molecule has 1 fully saturated rings. The Morgan fingerprint density at radius 2 is 0.838 bits per heavy atom. The standard InChI is InChI=1S/C65H105NO8/c1-3-5-7-9-11-13-15-17-18-19-20-21-22-23-24-25-26-27-28-29-30-31-32-33-34-35-36-37-38-39-40-41-42-43-45-47-49-51-53-55-61(69)66-58(57-73-65-64(72)63(71)62(70)60(56-67)74-65)59(68)54-52-50-48-46-44-16-14-12-10-8-6-4-2/h5,7,11,13,17-18,20-21,23-24,26-27,29-30,32-33,35-36,38-39,41-42,52,54,58-60,62-65,67-68,70-72H,3-4,6,8-10,12,14-16,19,22,25,28,31,34,37,40,43-51,53,55-57H2,1-2H3,(H,66,69)/b7-5-,13-11-,18-17-,21-20-,24-23-,27-26-,30-29-,33-32-,36-35-,39-38-,42-41-,54-52+. The van der Waals surface area contributed by atoms with Crippen LogP contribution in [0.4, 0.5) is 0 Å². The van der Waals surface area contributed by atoms with Gasteiger partial charge in [0.15, 0.2) is 6.29 Å². The summed E-state index contributed by atoms with van der Waals surface area (Å²) >= 11 is 0. The number of ether oxygens (including phenoxy) is 2. The zero-order valence-electron chi connectivity index (χ0n) is 46.3. The van der Waals surface area contributed by atoms with Crippen LogP contribution in [-0.2, 0) is 14.3 Å². The summed E-state index contributed by atoms with van der Waals surface area (Å²) in [6.45, 7) is 3.62. The average molecular weight is 1030 g/mol. The monoisotopic (exact) mass is 1030 g/mol. The lowest BCUT2D eigenvalue weighted by Crippen LogP contribution is -2.60. The Morgan fingerprint density at radius 3 is 1.24 bits per heavy atom. The predicted octanol–water partition coefficient (Wildman–Crippen LogP) is 14.7. The van der Waals surface area contributed by atoms with Gasteiger partial charge in [0, 0.05) is 6.42 Å². The molecule has 7 unspecified atom stereocenters. The van der Waals surface area contributed by atoms with E-state index in [2.05, 4.69) is 153 Å². The molecule has 6 N–H and O–H groups in total. The fourth-order valence-corrected chi connectivity index (χ4v) is 8.10. The number of carbonyl (C=O) groups excluding carboxylic acids is 1. The fraction of sp³-hybridized carbons (Fsp3) is 0.615. The highest BCUT2D eigenvalue weighted by Gasteiger charge is 2.44. The van der Waals surface area contributed by atoms with Gasteiger partial charge in [-0.1, -0.05) is 237 Å². The molecule has 1 aliphatic rings. The Bertz CT molecular complexity index is 1660. The second kappa shape index (κ2) is 52.5. The lowest BCUT2D eigenvalue weighted by atomic mass is 9.99. The van der Waals surface area contributed by atoms with Crippen LogP contribution in [0.25, 0.3) is 0 Å². The van der Waals surface area contributed by atoms with E-state index in [4.69, 9.17) is 9.47 Å². The first-order valence-corrected chi connectivity index (χ1v) is 29.1. The Morgan fingerprint density at radius 1 is 0.473 bits per heavy atom. The molecule has 9 nitrogen and oxygen atoms in total. The summed E-state index contributed by atoms with van der Waals surface area (Å²) in [5.41, 5.74) is 0. The molecule has 1 rings (SSSR count). The van der Waals surface area contributed by atoms with Crippen molar-refractivity contribution in [3.05, 3.63) is 146 Å². The van der Waals surface area contributed by atoms with Gasteiger partial charge in [-0.05, 0) is 103 Å². The van der Waals surface area contributed by atoms with E-state index in [0.717, 1.165) is 128 Å². The first-order valence-electron chi connectivity index (χ1n) is 29.1. The molecule has 0 aromatic carbocycles. The van der Waals surface area contributed by atoms with Gasteiger partial charge < -0.3 is 40.3 Å². The molecule has 0 aliphatic carbocycles. The molecule has 0 radical (unpaired) electrons. The molecule has 0 spiro atoms. The maximum Gasteiger partial charge on any atom is 0.220 e. The van der Waals surface area contributed by atoms with Crippen LogP contribution in [0.2, 0.25) is 0 Å². The van der Waals surface area contributed by atoms with E-state index in [9.17, 15) is 30.3 Å². The molecule has 1 heterocycles. The van der Waals surface area contributed by atoms with Crippen molar-refractivity contribution in [3.63, 3.8) is 0 Å². The first kappa shape index (κ1) is 68.1. The Balaban J connectivity index is 2.19. The summed E-state index contributed by atoms with van der Waals surface area (Å²) in [4.78, 5) is 13.0. The smallest absolute Gasteiger partial charge is 0.220 e. The molecule has 418 valence electrons. The van der Waals surface area contributed by atoms with Gasteiger partial charge in [0.05, 0.1) is 25.4 Å². The van der Waals surface area contributed by atoms with Gasteiger partial charge in [-0.2, -0.15) is 0 Å². The number of aliphatic hydroxyl groups is 5. The van der Waals surface area contributed by atoms with E-state index in [0.29, 0.717) is 6.42 Å². The molecule has 1 amide bonds. The molecule has 9 heteroatoms. The van der Waals surface area contributed by atoms with Crippen molar-refractivity contribution in [2.45, 2.75) is 243 Å². The highest BCUT2D eigenvalue weighted by Crippen LogP contribution is 2.22. The third-order valence-corrected chi connectivity index (χ3v) is 12.7. The van der Waals surface area contributed by atoms with Crippen molar-refractivity contribution >= 4 is 5.91 Å². The molecule has 7 atom stereocenters. The lowest BCUT2D eigenvalue weighted by molar-refractivity contribution is -0.302. The van der Waals surface area contributed by atoms with Crippen LogP contribution in [0.5, 0.6) is 0 Å². The molecular weight excluding hydrogens is 923 g/mol. The Kier molecular flexibility index (Phi) is 48.3. The molecule has 0 aromatic heterocycles. The summed E-state index contributed by atoms with van der Waals surface area (Å²) < 4.78 is 11.2. The Labute approximate surface area is 451 Å². The van der Waals surface area contributed by atoms with E-state index in [1.807, 2.05) is 6.08 Å². The minimum atomic E-state index is -1.58. The molecule has 0 bridgehead atoms. The van der Waals surface area contributed by atoms with Gasteiger partial charge in [-0.25, -0.2) is 0 Å². The van der Waals surface area contributed by atoms with Gasteiger partial charge in [0.25, 0.3) is 0 Å². The maximum absolute atomic E-state index is 13.0. The fourth-order valence-electron chi connectivity index (χ4n) is 8.10. The van der Waals surface area contributed by atoms with Crippen LogP contribution >= 0.6 is 0 Å². The molecular formula is C65H105NO8. The van der Waals surface area contributed by atoms with Crippen LogP contribution in [-0.4, -0.2) is 87.5 Å². The minimum absolute atomic E-state index is 0.204. The second-order valence-electron chi connectivity index (χ2n) is 19.4. The van der Waals surface area contributed by atoms with Crippen molar-refractivity contribution < 1.29 is 39.8 Å². The highest BCUT2D eigenvalue weighted by molar-refractivity contribution is 5.76. The normalized spacial score (nSPS) is 20.1. The number of allylic oxidation sites excluding steroid dienone is 23. The molecule has 1 aliphatic heterocycles. The van der Waals surface area contributed by atoms with Crippen LogP contribution in [0.15, 0.2) is 146 Å². The van der Waals surface area contributed by atoms with E-state index in [-0.39, 0.29) is 12.5 Å². The third-order valence-electron chi connectivity index (χ3n) is 12.7. The SMILES string of the molecule is CC/C=C\C/C=C\C/C=C\C/C=C\C/C=C\C/C=C\C/C=C\C/C=C\C/C=C\C/C=C\C/C=C\CCCCCCCC(=O)NC(COC1OC(CO)C(O)C(O)C1O)C(O)/C=C/CCCCCCCCCCCC. The molecule has 74 heavy (non-hydrogen) atoms. The zero-order chi connectivity index (χ0) is 53.6. The highest BCUT2D eigenvalue weighted by atomic mass is 16.7. The molecule has 0 aromatic rings. The van der Waals surface area contributed by atoms with Crippen molar-refractivity contribution in [1.82, 2.24) is 5.32 Å². The largest absolute Gasteiger partial charge is 0.394 e. The summed E-state index contributed by atoms with van der Waals surface area (Å²) in [6, 6.07) is -0.825. The summed E-state index contributed by atoms with van der Waals surface area (Å²) in [7, 11) is 0.